The van der Waals surface area contributed by atoms with E-state index in [1.54, 1.807) is 0 Å². The topological polar surface area (TPSA) is 49.8 Å². The molecule has 0 aromatic heterocycles. The van der Waals surface area contributed by atoms with Gasteiger partial charge in [-0.15, -0.1) is 0 Å². The van der Waals surface area contributed by atoms with Gasteiger partial charge >= 0.3 is 0 Å². The van der Waals surface area contributed by atoms with E-state index in [4.69, 9.17) is 11.0 Å². The minimum Gasteiger partial charge on any atom is -0.399 e. The molecule has 15 heavy (non-hydrogen) atoms. The number of anilines is 1. The molecule has 0 amide bonds. The monoisotopic (exact) mass is 196 g/mol. The van der Waals surface area contributed by atoms with E-state index in [-0.39, 0.29) is 5.92 Å². The Bertz CT molecular complexity index is 446. The molecule has 0 heterocycles. The van der Waals surface area contributed by atoms with Crippen molar-refractivity contribution in [1.82, 2.24) is 0 Å². The van der Waals surface area contributed by atoms with Crippen LogP contribution < -0.4 is 5.73 Å². The fourth-order valence-corrected chi connectivity index (χ4v) is 1.61. The zero-order valence-electron chi connectivity index (χ0n) is 8.35. The third kappa shape index (κ3) is 2.08. The maximum absolute atomic E-state index is 8.74. The molecule has 2 rings (SSSR count). The van der Waals surface area contributed by atoms with Gasteiger partial charge in [-0.1, -0.05) is 30.4 Å². The van der Waals surface area contributed by atoms with E-state index >= 15 is 0 Å². The molecule has 0 spiro atoms. The third-order valence-corrected chi connectivity index (χ3v) is 2.51. The first kappa shape index (κ1) is 9.54. The molecule has 1 aromatic rings. The number of hydrogen-bond donors (Lipinski definition) is 1. The van der Waals surface area contributed by atoms with Gasteiger partial charge in [0.1, 0.15) is 0 Å². The van der Waals surface area contributed by atoms with Crippen molar-refractivity contribution in [3.8, 4) is 6.07 Å². The second-order valence-corrected chi connectivity index (χ2v) is 3.61. The van der Waals surface area contributed by atoms with E-state index in [1.807, 2.05) is 36.4 Å². The summed E-state index contributed by atoms with van der Waals surface area (Å²) in [6.07, 6.45) is 6.85. The number of hydrogen-bond acceptors (Lipinski definition) is 2. The molecule has 2 heteroatoms. The predicted molar refractivity (Wildman–Crippen MR) is 61.7 cm³/mol. The summed E-state index contributed by atoms with van der Waals surface area (Å²) in [5.41, 5.74) is 8.71. The molecule has 2 nitrogen and oxygen atoms in total. The Morgan fingerprint density at radius 3 is 2.53 bits per heavy atom. The van der Waals surface area contributed by atoms with Gasteiger partial charge in [0.15, 0.2) is 0 Å². The largest absolute Gasteiger partial charge is 0.399 e. The van der Waals surface area contributed by atoms with Crippen molar-refractivity contribution in [3.05, 3.63) is 48.1 Å². The molecule has 0 bridgehead atoms. The van der Waals surface area contributed by atoms with E-state index in [2.05, 4.69) is 12.1 Å². The highest BCUT2D eigenvalue weighted by molar-refractivity contribution is 5.75. The van der Waals surface area contributed by atoms with Crippen molar-refractivity contribution in [1.29, 1.82) is 5.26 Å². The number of allylic oxidation sites excluding steroid dienone is 4. The SMILES string of the molecule is N#CC1C=CC(c2ccc(N)cc2)=CC1. The molecule has 1 aliphatic carbocycles. The van der Waals surface area contributed by atoms with Gasteiger partial charge in [0.2, 0.25) is 0 Å². The van der Waals surface area contributed by atoms with E-state index < -0.39 is 0 Å². The van der Waals surface area contributed by atoms with Crippen LogP contribution in [0.25, 0.3) is 5.57 Å². The summed E-state index contributed by atoms with van der Waals surface area (Å²) >= 11 is 0. The first-order chi connectivity index (χ1) is 7.29. The predicted octanol–water partition coefficient (Wildman–Crippen LogP) is 2.75. The zero-order valence-corrected chi connectivity index (χ0v) is 8.35. The smallest absolute Gasteiger partial charge is 0.0700 e. The average Bonchev–Trinajstić information content (AvgIpc) is 2.30. The van der Waals surface area contributed by atoms with Gasteiger partial charge in [0, 0.05) is 5.69 Å². The van der Waals surface area contributed by atoms with Crippen LogP contribution in [0.5, 0.6) is 0 Å². The van der Waals surface area contributed by atoms with Crippen molar-refractivity contribution >= 4 is 11.3 Å². The summed E-state index contributed by atoms with van der Waals surface area (Å²) in [6, 6.07) is 10.0. The van der Waals surface area contributed by atoms with Crippen molar-refractivity contribution in [2.75, 3.05) is 5.73 Å². The van der Waals surface area contributed by atoms with Crippen LogP contribution in [0.3, 0.4) is 0 Å². The molecule has 1 atom stereocenters. The molecule has 2 N–H and O–H groups in total. The lowest BCUT2D eigenvalue weighted by atomic mass is 9.94. The molecular weight excluding hydrogens is 184 g/mol. The fraction of sp³-hybridized carbons (Fsp3) is 0.154. The summed E-state index contributed by atoms with van der Waals surface area (Å²) in [6.45, 7) is 0. The molecule has 1 aliphatic rings. The summed E-state index contributed by atoms with van der Waals surface area (Å²) < 4.78 is 0. The molecule has 1 unspecified atom stereocenters. The lowest BCUT2D eigenvalue weighted by Crippen LogP contribution is -1.96. The van der Waals surface area contributed by atoms with Gasteiger partial charge in [0.05, 0.1) is 12.0 Å². The Kier molecular flexibility index (Phi) is 2.55. The first-order valence-corrected chi connectivity index (χ1v) is 4.93. The Morgan fingerprint density at radius 1 is 1.27 bits per heavy atom. The molecule has 0 fully saturated rings. The van der Waals surface area contributed by atoms with Gasteiger partial charge in [-0.2, -0.15) is 5.26 Å². The number of nitriles is 1. The lowest BCUT2D eigenvalue weighted by Gasteiger charge is -2.10. The number of rotatable bonds is 1. The molecule has 0 aliphatic heterocycles. The molecule has 0 saturated carbocycles. The summed E-state index contributed by atoms with van der Waals surface area (Å²) in [7, 11) is 0. The molecule has 74 valence electrons. The highest BCUT2D eigenvalue weighted by atomic mass is 14.5. The van der Waals surface area contributed by atoms with Crippen molar-refractivity contribution in [3.63, 3.8) is 0 Å². The van der Waals surface area contributed by atoms with Crippen LogP contribution in [0.2, 0.25) is 0 Å². The fourth-order valence-electron chi connectivity index (χ4n) is 1.61. The minimum atomic E-state index is 0.0301. The second kappa shape index (κ2) is 4.02. The van der Waals surface area contributed by atoms with Crippen LogP contribution in [0.15, 0.2) is 42.5 Å². The van der Waals surface area contributed by atoms with Crippen LogP contribution in [-0.2, 0) is 0 Å². The highest BCUT2D eigenvalue weighted by Crippen LogP contribution is 2.24. The number of nitrogen functional groups attached to an aromatic ring is 1. The zero-order chi connectivity index (χ0) is 10.7. The average molecular weight is 196 g/mol. The molecule has 0 saturated heterocycles. The lowest BCUT2D eigenvalue weighted by molar-refractivity contribution is 0.840. The van der Waals surface area contributed by atoms with Crippen LogP contribution in [-0.4, -0.2) is 0 Å². The Balaban J connectivity index is 2.21. The minimum absolute atomic E-state index is 0.0301. The Hall–Kier alpha value is -2.01. The summed E-state index contributed by atoms with van der Waals surface area (Å²) in [5.74, 6) is 0.0301. The molecule has 0 radical (unpaired) electrons. The van der Waals surface area contributed by atoms with E-state index in [0.717, 1.165) is 17.7 Å². The summed E-state index contributed by atoms with van der Waals surface area (Å²) in [4.78, 5) is 0. The number of nitrogens with two attached hydrogens (primary N) is 1. The van der Waals surface area contributed by atoms with Crippen LogP contribution in [0, 0.1) is 17.2 Å². The van der Waals surface area contributed by atoms with Gasteiger partial charge in [-0.3, -0.25) is 0 Å². The standard InChI is InChI=1S/C13H12N2/c14-9-10-1-3-11(4-2-10)12-5-7-13(15)8-6-12/h1,3-8,10H,2,15H2. The van der Waals surface area contributed by atoms with E-state index in [1.165, 1.54) is 5.57 Å². The maximum atomic E-state index is 8.74. The normalized spacial score (nSPS) is 19.4. The van der Waals surface area contributed by atoms with Crippen LogP contribution in [0.4, 0.5) is 5.69 Å². The second-order valence-electron chi connectivity index (χ2n) is 3.61. The quantitative estimate of drug-likeness (QED) is 0.702. The molecular formula is C13H12N2. The number of benzene rings is 1. The summed E-state index contributed by atoms with van der Waals surface area (Å²) in [5, 5.41) is 8.74. The van der Waals surface area contributed by atoms with E-state index in [0.29, 0.717) is 0 Å². The van der Waals surface area contributed by atoms with E-state index in [9.17, 15) is 0 Å². The van der Waals surface area contributed by atoms with Crippen molar-refractivity contribution in [2.24, 2.45) is 5.92 Å². The third-order valence-electron chi connectivity index (χ3n) is 2.51. The molecule has 1 aromatic carbocycles. The van der Waals surface area contributed by atoms with Crippen LogP contribution >= 0.6 is 0 Å². The van der Waals surface area contributed by atoms with Gasteiger partial charge < -0.3 is 5.73 Å². The van der Waals surface area contributed by atoms with Crippen molar-refractivity contribution in [2.45, 2.75) is 6.42 Å². The van der Waals surface area contributed by atoms with Crippen molar-refractivity contribution < 1.29 is 0 Å². The maximum Gasteiger partial charge on any atom is 0.0700 e. The van der Waals surface area contributed by atoms with Gasteiger partial charge in [-0.05, 0) is 29.7 Å². The Morgan fingerprint density at radius 2 is 2.00 bits per heavy atom. The van der Waals surface area contributed by atoms with Gasteiger partial charge in [-0.25, -0.2) is 0 Å². The van der Waals surface area contributed by atoms with Gasteiger partial charge in [0.25, 0.3) is 0 Å². The van der Waals surface area contributed by atoms with Crippen LogP contribution in [0.1, 0.15) is 12.0 Å². The first-order valence-electron chi connectivity index (χ1n) is 4.93. The Labute approximate surface area is 89.3 Å². The highest BCUT2D eigenvalue weighted by Gasteiger charge is 2.08. The number of nitrogens with zero attached hydrogens (tertiary/aromatic N) is 1.